The average Bonchev–Trinajstić information content (AvgIpc) is 2.75. The molecular weight excluding hydrogens is 269 g/mol. The molecule has 2 rings (SSSR count). The van der Waals surface area contributed by atoms with E-state index >= 15 is 0 Å². The molecule has 3 nitrogen and oxygen atoms in total. The van der Waals surface area contributed by atoms with Gasteiger partial charge in [-0.05, 0) is 32.0 Å². The van der Waals surface area contributed by atoms with E-state index in [1.807, 2.05) is 6.92 Å². The second kappa shape index (κ2) is 5.48. The Hall–Kier alpha value is -2.11. The normalized spacial score (nSPS) is 10.8. The van der Waals surface area contributed by atoms with Crippen LogP contribution in [0.5, 0.6) is 0 Å². The summed E-state index contributed by atoms with van der Waals surface area (Å²) < 4.78 is 40.7. The van der Waals surface area contributed by atoms with Gasteiger partial charge in [-0.15, -0.1) is 0 Å². The molecule has 0 unspecified atom stereocenters. The Kier molecular flexibility index (Phi) is 3.92. The number of aromatic nitrogens is 2. The molecule has 0 spiro atoms. The number of carbonyl (C=O) groups is 1. The predicted octanol–water partition coefficient (Wildman–Crippen LogP) is 3.05. The van der Waals surface area contributed by atoms with Gasteiger partial charge in [0.05, 0.1) is 12.1 Å². The van der Waals surface area contributed by atoms with Gasteiger partial charge in [0.25, 0.3) is 0 Å². The van der Waals surface area contributed by atoms with E-state index in [1.165, 1.54) is 0 Å². The molecule has 1 heterocycles. The molecular formula is C14H13F3N2O. The third-order valence-electron chi connectivity index (χ3n) is 2.93. The van der Waals surface area contributed by atoms with E-state index in [0.29, 0.717) is 24.4 Å². The van der Waals surface area contributed by atoms with E-state index in [9.17, 15) is 18.0 Å². The van der Waals surface area contributed by atoms with Crippen molar-refractivity contribution in [2.24, 2.45) is 0 Å². The highest BCUT2D eigenvalue weighted by molar-refractivity contribution is 5.97. The lowest BCUT2D eigenvalue weighted by atomic mass is 10.1. The third kappa shape index (κ3) is 2.74. The lowest BCUT2D eigenvalue weighted by Crippen LogP contribution is -2.10. The van der Waals surface area contributed by atoms with E-state index in [-0.39, 0.29) is 12.0 Å². The van der Waals surface area contributed by atoms with Crippen molar-refractivity contribution in [3.8, 4) is 0 Å². The minimum Gasteiger partial charge on any atom is -0.294 e. The van der Waals surface area contributed by atoms with Gasteiger partial charge in [-0.1, -0.05) is 0 Å². The number of ketones is 1. The maximum Gasteiger partial charge on any atom is 0.194 e. The van der Waals surface area contributed by atoms with Gasteiger partial charge in [-0.25, -0.2) is 13.2 Å². The van der Waals surface area contributed by atoms with Crippen molar-refractivity contribution >= 4 is 5.78 Å². The fourth-order valence-electron chi connectivity index (χ4n) is 2.00. The first-order valence-electron chi connectivity index (χ1n) is 6.13. The smallest absolute Gasteiger partial charge is 0.194 e. The summed E-state index contributed by atoms with van der Waals surface area (Å²) in [4.78, 5) is 12.0. The number of hydrogen-bond acceptors (Lipinski definition) is 2. The summed E-state index contributed by atoms with van der Waals surface area (Å²) in [5, 5.41) is 4.18. The lowest BCUT2D eigenvalue weighted by molar-refractivity contribution is 0.0989. The largest absolute Gasteiger partial charge is 0.294 e. The first-order chi connectivity index (χ1) is 9.42. The Labute approximate surface area is 114 Å². The van der Waals surface area contributed by atoms with Crippen molar-refractivity contribution in [3.05, 3.63) is 52.6 Å². The molecule has 1 aromatic carbocycles. The highest BCUT2D eigenvalue weighted by atomic mass is 19.2. The second-order valence-electron chi connectivity index (χ2n) is 4.45. The summed E-state index contributed by atoms with van der Waals surface area (Å²) in [5.41, 5.74) is 1.22. The van der Waals surface area contributed by atoms with Gasteiger partial charge in [0.2, 0.25) is 0 Å². The molecule has 0 saturated heterocycles. The van der Waals surface area contributed by atoms with Gasteiger partial charge < -0.3 is 0 Å². The van der Waals surface area contributed by atoms with Crippen LogP contribution in [0.4, 0.5) is 13.2 Å². The summed E-state index contributed by atoms with van der Waals surface area (Å²) in [6.45, 7) is 4.25. The van der Waals surface area contributed by atoms with Crippen LogP contribution in [0.25, 0.3) is 0 Å². The second-order valence-corrected chi connectivity index (χ2v) is 4.45. The van der Waals surface area contributed by atoms with Crippen molar-refractivity contribution in [2.75, 3.05) is 0 Å². The zero-order chi connectivity index (χ0) is 14.9. The minimum absolute atomic E-state index is 0.0425. The first-order valence-corrected chi connectivity index (χ1v) is 6.13. The quantitative estimate of drug-likeness (QED) is 0.638. The Morgan fingerprint density at radius 2 is 1.80 bits per heavy atom. The fourth-order valence-corrected chi connectivity index (χ4v) is 2.00. The van der Waals surface area contributed by atoms with Crippen LogP contribution in [0, 0.1) is 24.4 Å². The number of rotatable bonds is 4. The highest BCUT2D eigenvalue weighted by Gasteiger charge is 2.17. The Balaban J connectivity index is 2.28. The average molecular weight is 282 g/mol. The summed E-state index contributed by atoms with van der Waals surface area (Å²) in [7, 11) is 0. The molecule has 0 N–H and O–H groups in total. The van der Waals surface area contributed by atoms with Crippen LogP contribution in [-0.4, -0.2) is 15.6 Å². The molecule has 6 heteroatoms. The monoisotopic (exact) mass is 282 g/mol. The summed E-state index contributed by atoms with van der Waals surface area (Å²) in [5.74, 6) is -4.80. The van der Waals surface area contributed by atoms with Crippen LogP contribution in [0.2, 0.25) is 0 Å². The van der Waals surface area contributed by atoms with Crippen LogP contribution in [0.3, 0.4) is 0 Å². The molecule has 0 saturated carbocycles. The summed E-state index contributed by atoms with van der Waals surface area (Å²) >= 11 is 0. The standard InChI is InChI=1S/C14H13F3N2O/c1-3-19-10(4-8(2)18-19)7-13(20)9-5-11(15)14(17)12(16)6-9/h4-6H,3,7H2,1-2H3. The fraction of sp³-hybridized carbons (Fsp3) is 0.286. The van der Waals surface area contributed by atoms with Crippen molar-refractivity contribution in [1.82, 2.24) is 9.78 Å². The molecule has 0 fully saturated rings. The molecule has 0 bridgehead atoms. The molecule has 0 amide bonds. The zero-order valence-electron chi connectivity index (χ0n) is 11.1. The van der Waals surface area contributed by atoms with Crippen LogP contribution in [0.1, 0.15) is 28.7 Å². The van der Waals surface area contributed by atoms with Crippen molar-refractivity contribution in [1.29, 1.82) is 0 Å². The minimum atomic E-state index is -1.57. The van der Waals surface area contributed by atoms with Gasteiger partial charge in [-0.2, -0.15) is 5.10 Å². The third-order valence-corrected chi connectivity index (χ3v) is 2.93. The number of hydrogen-bond donors (Lipinski definition) is 0. The molecule has 0 aliphatic carbocycles. The van der Waals surface area contributed by atoms with Crippen LogP contribution in [-0.2, 0) is 13.0 Å². The Bertz CT molecular complexity index is 641. The first kappa shape index (κ1) is 14.3. The van der Waals surface area contributed by atoms with E-state index < -0.39 is 23.2 Å². The number of carbonyl (C=O) groups excluding carboxylic acids is 1. The van der Waals surface area contributed by atoms with Crippen LogP contribution >= 0.6 is 0 Å². The van der Waals surface area contributed by atoms with E-state index in [4.69, 9.17) is 0 Å². The number of benzene rings is 1. The highest BCUT2D eigenvalue weighted by Crippen LogP contribution is 2.16. The van der Waals surface area contributed by atoms with E-state index in [2.05, 4.69) is 5.10 Å². The number of halogens is 3. The zero-order valence-corrected chi connectivity index (χ0v) is 11.1. The number of Topliss-reactive ketones (excluding diaryl/α,β-unsaturated/α-hetero) is 1. The summed E-state index contributed by atoms with van der Waals surface area (Å²) in [6.07, 6.45) is -0.0425. The molecule has 1 aromatic heterocycles. The number of aryl methyl sites for hydroxylation is 2. The Morgan fingerprint density at radius 1 is 1.20 bits per heavy atom. The molecule has 0 atom stereocenters. The number of nitrogens with zero attached hydrogens (tertiary/aromatic N) is 2. The van der Waals surface area contributed by atoms with Crippen molar-refractivity contribution in [3.63, 3.8) is 0 Å². The van der Waals surface area contributed by atoms with E-state index in [0.717, 1.165) is 5.69 Å². The van der Waals surface area contributed by atoms with Crippen molar-refractivity contribution < 1.29 is 18.0 Å². The lowest BCUT2D eigenvalue weighted by Gasteiger charge is -2.05. The molecule has 106 valence electrons. The van der Waals surface area contributed by atoms with E-state index in [1.54, 1.807) is 17.7 Å². The topological polar surface area (TPSA) is 34.9 Å². The van der Waals surface area contributed by atoms with Gasteiger partial charge in [0.15, 0.2) is 23.2 Å². The van der Waals surface area contributed by atoms with Crippen LogP contribution < -0.4 is 0 Å². The van der Waals surface area contributed by atoms with Gasteiger partial charge in [0.1, 0.15) is 0 Å². The summed E-state index contributed by atoms with van der Waals surface area (Å²) in [6, 6.07) is 3.15. The van der Waals surface area contributed by atoms with Crippen LogP contribution in [0.15, 0.2) is 18.2 Å². The molecule has 0 aliphatic heterocycles. The predicted molar refractivity (Wildman–Crippen MR) is 67.0 cm³/mol. The maximum atomic E-state index is 13.1. The Morgan fingerprint density at radius 3 is 2.35 bits per heavy atom. The molecule has 0 radical (unpaired) electrons. The van der Waals surface area contributed by atoms with Crippen molar-refractivity contribution in [2.45, 2.75) is 26.8 Å². The van der Waals surface area contributed by atoms with Gasteiger partial charge in [-0.3, -0.25) is 9.48 Å². The van der Waals surface area contributed by atoms with Gasteiger partial charge >= 0.3 is 0 Å². The molecule has 0 aliphatic rings. The SMILES string of the molecule is CCn1nc(C)cc1CC(=O)c1cc(F)c(F)c(F)c1. The maximum absolute atomic E-state index is 13.1. The molecule has 2 aromatic rings. The molecule has 20 heavy (non-hydrogen) atoms. The van der Waals surface area contributed by atoms with Gasteiger partial charge in [0, 0.05) is 17.8 Å².